The van der Waals surface area contributed by atoms with Gasteiger partial charge in [0.15, 0.2) is 0 Å². The molecule has 108 valence electrons. The summed E-state index contributed by atoms with van der Waals surface area (Å²) in [4.78, 5) is 13.7. The van der Waals surface area contributed by atoms with Gasteiger partial charge in [-0.15, -0.1) is 0 Å². The van der Waals surface area contributed by atoms with Crippen LogP contribution in [-0.2, 0) is 0 Å². The molecule has 0 spiro atoms. The van der Waals surface area contributed by atoms with Gasteiger partial charge in [-0.25, -0.2) is 8.78 Å². The maximum atomic E-state index is 13.7. The average molecular weight is 280 g/mol. The van der Waals surface area contributed by atoms with Crippen LogP contribution in [0.25, 0.3) is 0 Å². The monoisotopic (exact) mass is 280 g/mol. The van der Waals surface area contributed by atoms with Crippen molar-refractivity contribution in [2.45, 2.75) is 27.2 Å². The molecule has 0 aliphatic rings. The summed E-state index contributed by atoms with van der Waals surface area (Å²) in [5, 5.41) is 8.64. The lowest BCUT2D eigenvalue weighted by Gasteiger charge is -2.29. The Kier molecular flexibility index (Phi) is 5.20. The smallest absolute Gasteiger partial charge is 0.256 e. The van der Waals surface area contributed by atoms with Gasteiger partial charge in [-0.1, -0.05) is 20.8 Å². The third-order valence-corrected chi connectivity index (χ3v) is 2.60. The number of hydrogen-bond donors (Lipinski definition) is 0. The molecule has 0 unspecified atom stereocenters. The summed E-state index contributed by atoms with van der Waals surface area (Å²) in [5.41, 5.74) is -0.498. The molecule has 0 heterocycles. The van der Waals surface area contributed by atoms with Crippen LogP contribution in [0.15, 0.2) is 18.2 Å². The predicted molar refractivity (Wildman–Crippen MR) is 71.9 cm³/mol. The second kappa shape index (κ2) is 6.47. The van der Waals surface area contributed by atoms with Crippen LogP contribution in [-0.4, -0.2) is 23.9 Å². The first-order chi connectivity index (χ1) is 9.24. The topological polar surface area (TPSA) is 44.1 Å². The van der Waals surface area contributed by atoms with Crippen LogP contribution in [0.4, 0.5) is 8.78 Å². The number of benzene rings is 1. The van der Waals surface area contributed by atoms with Crippen molar-refractivity contribution >= 4 is 5.91 Å². The molecule has 5 heteroatoms. The fourth-order valence-corrected chi connectivity index (χ4v) is 1.84. The number of rotatable bonds is 4. The first-order valence-corrected chi connectivity index (χ1v) is 6.36. The van der Waals surface area contributed by atoms with Gasteiger partial charge >= 0.3 is 0 Å². The molecule has 1 amide bonds. The van der Waals surface area contributed by atoms with Gasteiger partial charge in [0.05, 0.1) is 18.1 Å². The predicted octanol–water partition coefficient (Wildman–Crippen LogP) is 3.37. The summed E-state index contributed by atoms with van der Waals surface area (Å²) in [6, 6.07) is 4.74. The Morgan fingerprint density at radius 2 is 2.00 bits per heavy atom. The van der Waals surface area contributed by atoms with Gasteiger partial charge in [-0.2, -0.15) is 5.26 Å². The SMILES string of the molecule is CC(C)(C)CN(CCC#N)C(=O)c1cc(F)ccc1F. The Balaban J connectivity index is 3.03. The van der Waals surface area contributed by atoms with Crippen molar-refractivity contribution in [2.24, 2.45) is 5.41 Å². The van der Waals surface area contributed by atoms with E-state index in [4.69, 9.17) is 5.26 Å². The van der Waals surface area contributed by atoms with Crippen LogP contribution in [0.5, 0.6) is 0 Å². The lowest BCUT2D eigenvalue weighted by molar-refractivity contribution is 0.0694. The Hall–Kier alpha value is -1.96. The van der Waals surface area contributed by atoms with Crippen LogP contribution in [0.2, 0.25) is 0 Å². The van der Waals surface area contributed by atoms with Crippen LogP contribution in [0.3, 0.4) is 0 Å². The van der Waals surface area contributed by atoms with Gasteiger partial charge in [-0.05, 0) is 23.6 Å². The fraction of sp³-hybridized carbons (Fsp3) is 0.467. The van der Waals surface area contributed by atoms with Gasteiger partial charge in [0.25, 0.3) is 5.91 Å². The molecule has 0 aliphatic carbocycles. The van der Waals surface area contributed by atoms with E-state index in [2.05, 4.69) is 0 Å². The van der Waals surface area contributed by atoms with Gasteiger partial charge in [0, 0.05) is 13.1 Å². The largest absolute Gasteiger partial charge is 0.337 e. The average Bonchev–Trinajstić information content (AvgIpc) is 2.35. The minimum Gasteiger partial charge on any atom is -0.337 e. The molecule has 20 heavy (non-hydrogen) atoms. The zero-order valence-corrected chi connectivity index (χ0v) is 11.9. The minimum absolute atomic E-state index is 0.152. The second-order valence-corrected chi connectivity index (χ2v) is 5.82. The van der Waals surface area contributed by atoms with E-state index >= 15 is 0 Å². The first-order valence-electron chi connectivity index (χ1n) is 6.36. The van der Waals surface area contributed by atoms with Crippen LogP contribution in [0, 0.1) is 28.4 Å². The molecule has 0 bridgehead atoms. The Bertz CT molecular complexity index is 530. The van der Waals surface area contributed by atoms with Crippen molar-refractivity contribution in [3.05, 3.63) is 35.4 Å². The molecule has 1 rings (SSSR count). The van der Waals surface area contributed by atoms with Crippen molar-refractivity contribution in [1.29, 1.82) is 5.26 Å². The molecule has 0 radical (unpaired) electrons. The number of carbonyl (C=O) groups excluding carboxylic acids is 1. The molecule has 0 saturated carbocycles. The van der Waals surface area contributed by atoms with E-state index in [0.717, 1.165) is 18.2 Å². The second-order valence-electron chi connectivity index (χ2n) is 5.82. The normalized spacial score (nSPS) is 11.0. The summed E-state index contributed by atoms with van der Waals surface area (Å²) in [6.45, 7) is 6.36. The molecular formula is C15H18F2N2O. The van der Waals surface area contributed by atoms with E-state index in [1.165, 1.54) is 4.90 Å². The van der Waals surface area contributed by atoms with Crippen molar-refractivity contribution in [3.8, 4) is 6.07 Å². The van der Waals surface area contributed by atoms with Crippen LogP contribution in [0.1, 0.15) is 37.6 Å². The Morgan fingerprint density at radius 1 is 1.35 bits per heavy atom. The molecule has 1 aromatic carbocycles. The number of halogens is 2. The van der Waals surface area contributed by atoms with Gasteiger partial charge in [0.1, 0.15) is 11.6 Å². The number of nitriles is 1. The van der Waals surface area contributed by atoms with Gasteiger partial charge in [0.2, 0.25) is 0 Å². The Morgan fingerprint density at radius 3 is 2.55 bits per heavy atom. The highest BCUT2D eigenvalue weighted by molar-refractivity contribution is 5.94. The summed E-state index contributed by atoms with van der Waals surface area (Å²) in [6.07, 6.45) is 0.152. The minimum atomic E-state index is -0.757. The Labute approximate surface area is 117 Å². The first kappa shape index (κ1) is 16.1. The van der Waals surface area contributed by atoms with Crippen molar-refractivity contribution < 1.29 is 13.6 Å². The fourth-order valence-electron chi connectivity index (χ4n) is 1.84. The van der Waals surface area contributed by atoms with Crippen LogP contribution < -0.4 is 0 Å². The van der Waals surface area contributed by atoms with Gasteiger partial charge in [-0.3, -0.25) is 4.79 Å². The van der Waals surface area contributed by atoms with Crippen molar-refractivity contribution in [3.63, 3.8) is 0 Å². The quantitative estimate of drug-likeness (QED) is 0.848. The van der Waals surface area contributed by atoms with E-state index in [1.807, 2.05) is 26.8 Å². The third kappa shape index (κ3) is 4.61. The molecule has 0 aliphatic heterocycles. The number of carbonyl (C=O) groups is 1. The lowest BCUT2D eigenvalue weighted by Crippen LogP contribution is -2.38. The van der Waals surface area contributed by atoms with E-state index in [-0.39, 0.29) is 23.9 Å². The third-order valence-electron chi connectivity index (χ3n) is 2.60. The maximum absolute atomic E-state index is 13.7. The maximum Gasteiger partial charge on any atom is 0.256 e. The van der Waals surface area contributed by atoms with E-state index in [1.54, 1.807) is 0 Å². The zero-order chi connectivity index (χ0) is 15.3. The molecule has 0 N–H and O–H groups in total. The molecule has 1 aromatic rings. The lowest BCUT2D eigenvalue weighted by atomic mass is 9.95. The van der Waals surface area contributed by atoms with Crippen LogP contribution >= 0.6 is 0 Å². The highest BCUT2D eigenvalue weighted by Crippen LogP contribution is 2.19. The van der Waals surface area contributed by atoms with E-state index in [9.17, 15) is 13.6 Å². The standard InChI is InChI=1S/C15H18F2N2O/c1-15(2,3)10-19(8-4-7-18)14(20)12-9-11(16)5-6-13(12)17/h5-6,9H,4,8,10H2,1-3H3. The number of amides is 1. The zero-order valence-electron chi connectivity index (χ0n) is 11.9. The summed E-state index contributed by atoms with van der Waals surface area (Å²) >= 11 is 0. The van der Waals surface area contributed by atoms with Crippen molar-refractivity contribution in [1.82, 2.24) is 4.90 Å². The number of hydrogen-bond acceptors (Lipinski definition) is 2. The molecule has 3 nitrogen and oxygen atoms in total. The van der Waals surface area contributed by atoms with E-state index in [0.29, 0.717) is 6.54 Å². The highest BCUT2D eigenvalue weighted by Gasteiger charge is 2.24. The molecule has 0 aromatic heterocycles. The molecule has 0 atom stereocenters. The number of nitrogens with zero attached hydrogens (tertiary/aromatic N) is 2. The molecule has 0 fully saturated rings. The van der Waals surface area contributed by atoms with Crippen molar-refractivity contribution in [2.75, 3.05) is 13.1 Å². The summed E-state index contributed by atoms with van der Waals surface area (Å²) in [5.74, 6) is -2.01. The highest BCUT2D eigenvalue weighted by atomic mass is 19.1. The van der Waals surface area contributed by atoms with Gasteiger partial charge < -0.3 is 4.90 Å². The molecule has 0 saturated heterocycles. The van der Waals surface area contributed by atoms with E-state index < -0.39 is 17.5 Å². The molecular weight excluding hydrogens is 262 g/mol. The summed E-state index contributed by atoms with van der Waals surface area (Å²) < 4.78 is 26.8. The summed E-state index contributed by atoms with van der Waals surface area (Å²) in [7, 11) is 0.